The summed E-state index contributed by atoms with van der Waals surface area (Å²) >= 11 is 1.32. The van der Waals surface area contributed by atoms with Crippen LogP contribution in [-0.2, 0) is 4.79 Å². The normalized spacial score (nSPS) is 16.3. The number of carbonyl (C=O) groups is 2. The molecule has 6 heteroatoms. The molecule has 0 saturated carbocycles. The lowest BCUT2D eigenvalue weighted by Gasteiger charge is -2.31. The highest BCUT2D eigenvalue weighted by molar-refractivity contribution is 8.13. The lowest BCUT2D eigenvalue weighted by molar-refractivity contribution is -0.121. The van der Waals surface area contributed by atoms with Gasteiger partial charge in [0.2, 0.25) is 5.91 Å². The van der Waals surface area contributed by atoms with Crippen LogP contribution in [0.15, 0.2) is 30.3 Å². The number of nitrogens with one attached hydrogen (secondary N) is 2. The Morgan fingerprint density at radius 2 is 2.04 bits per heavy atom. The first-order valence-corrected chi connectivity index (χ1v) is 9.37. The van der Waals surface area contributed by atoms with E-state index in [1.165, 1.54) is 17.3 Å². The van der Waals surface area contributed by atoms with E-state index in [0.717, 1.165) is 12.3 Å². The Morgan fingerprint density at radius 1 is 1.33 bits per heavy atom. The van der Waals surface area contributed by atoms with Gasteiger partial charge in [0.1, 0.15) is 0 Å². The third-order valence-corrected chi connectivity index (χ3v) is 4.98. The molecule has 1 heterocycles. The Balaban J connectivity index is 1.73. The number of thioether (sulfide) groups is 1. The average molecular weight is 350 g/mol. The first-order valence-electron chi connectivity index (χ1n) is 8.38. The molecule has 0 unspecified atom stereocenters. The summed E-state index contributed by atoms with van der Waals surface area (Å²) in [4.78, 5) is 25.3. The van der Waals surface area contributed by atoms with Gasteiger partial charge in [-0.15, -0.1) is 0 Å². The van der Waals surface area contributed by atoms with Crippen LogP contribution in [0.5, 0.6) is 0 Å². The largest absolute Gasteiger partial charge is 0.354 e. The van der Waals surface area contributed by atoms with Crippen molar-refractivity contribution in [1.29, 1.82) is 0 Å². The maximum Gasteiger partial charge on any atom is 0.281 e. The second-order valence-electron chi connectivity index (χ2n) is 6.79. The fraction of sp³-hybridized carbons (Fsp3) is 0.556. The van der Waals surface area contributed by atoms with Crippen molar-refractivity contribution in [3.05, 3.63) is 35.9 Å². The van der Waals surface area contributed by atoms with Crippen LogP contribution in [0.2, 0.25) is 0 Å². The van der Waals surface area contributed by atoms with E-state index in [1.54, 1.807) is 4.90 Å². The van der Waals surface area contributed by atoms with Gasteiger partial charge in [-0.05, 0) is 26.3 Å². The van der Waals surface area contributed by atoms with Gasteiger partial charge in [-0.3, -0.25) is 9.59 Å². The summed E-state index contributed by atoms with van der Waals surface area (Å²) in [5.74, 6) is 0.816. The number of hydrogen-bond acceptors (Lipinski definition) is 4. The topological polar surface area (TPSA) is 61.4 Å². The summed E-state index contributed by atoms with van der Waals surface area (Å²) in [5, 5.41) is 6.61. The van der Waals surface area contributed by atoms with Crippen molar-refractivity contribution in [2.45, 2.75) is 38.8 Å². The highest BCUT2D eigenvalue weighted by atomic mass is 32.2. The molecule has 1 aliphatic heterocycles. The van der Waals surface area contributed by atoms with Crippen LogP contribution in [-0.4, -0.2) is 47.0 Å². The van der Waals surface area contributed by atoms with Gasteiger partial charge in [0, 0.05) is 43.4 Å². The molecule has 2 N–H and O–H groups in total. The number of carbonyl (C=O) groups excluding carboxylic acids is 2. The third kappa shape index (κ3) is 5.83. The summed E-state index contributed by atoms with van der Waals surface area (Å²) in [5.41, 5.74) is 1.01. The maximum absolute atomic E-state index is 12.0. The lowest BCUT2D eigenvalue weighted by Crippen LogP contribution is -2.50. The summed E-state index contributed by atoms with van der Waals surface area (Å²) in [6.45, 7) is 8.08. The van der Waals surface area contributed by atoms with Crippen LogP contribution in [0.1, 0.15) is 38.8 Å². The maximum atomic E-state index is 12.0. The fourth-order valence-corrected chi connectivity index (χ4v) is 3.59. The van der Waals surface area contributed by atoms with E-state index in [-0.39, 0.29) is 22.7 Å². The molecule has 1 aromatic carbocycles. The zero-order valence-electron chi connectivity index (χ0n) is 14.7. The summed E-state index contributed by atoms with van der Waals surface area (Å²) < 4.78 is 0. The minimum atomic E-state index is -0.218. The molecular weight excluding hydrogens is 322 g/mol. The van der Waals surface area contributed by atoms with Crippen molar-refractivity contribution in [2.75, 3.05) is 25.4 Å². The Kier molecular flexibility index (Phi) is 6.69. The number of hydrogen-bond donors (Lipinski definition) is 2. The van der Waals surface area contributed by atoms with Crippen LogP contribution in [0.3, 0.4) is 0 Å². The van der Waals surface area contributed by atoms with Crippen molar-refractivity contribution in [3.8, 4) is 0 Å². The van der Waals surface area contributed by atoms with Crippen molar-refractivity contribution >= 4 is 22.9 Å². The number of amides is 2. The van der Waals surface area contributed by atoms with Crippen molar-refractivity contribution in [3.63, 3.8) is 0 Å². The fourth-order valence-electron chi connectivity index (χ4n) is 2.74. The molecule has 132 valence electrons. The third-order valence-electron chi connectivity index (χ3n) is 4.09. The molecule has 24 heavy (non-hydrogen) atoms. The van der Waals surface area contributed by atoms with Crippen molar-refractivity contribution in [2.24, 2.45) is 0 Å². The van der Waals surface area contributed by atoms with E-state index >= 15 is 0 Å². The van der Waals surface area contributed by atoms with Gasteiger partial charge in [0.25, 0.3) is 5.24 Å². The first-order chi connectivity index (χ1) is 11.4. The molecule has 1 fully saturated rings. The minimum Gasteiger partial charge on any atom is -0.354 e. The van der Waals surface area contributed by atoms with Crippen LogP contribution in [0.4, 0.5) is 4.79 Å². The van der Waals surface area contributed by atoms with Gasteiger partial charge in [-0.1, -0.05) is 42.1 Å². The van der Waals surface area contributed by atoms with Crippen LogP contribution in [0.25, 0.3) is 0 Å². The van der Waals surface area contributed by atoms with Crippen LogP contribution < -0.4 is 10.6 Å². The van der Waals surface area contributed by atoms with Crippen molar-refractivity contribution in [1.82, 2.24) is 15.5 Å². The Labute approximate surface area is 148 Å². The quantitative estimate of drug-likeness (QED) is 0.758. The Bertz CT molecular complexity index is 563. The van der Waals surface area contributed by atoms with E-state index in [4.69, 9.17) is 0 Å². The minimum absolute atomic E-state index is 0.0121. The molecule has 0 spiro atoms. The predicted octanol–water partition coefficient (Wildman–Crippen LogP) is 2.79. The first kappa shape index (κ1) is 18.8. The van der Waals surface area contributed by atoms with Crippen molar-refractivity contribution < 1.29 is 9.59 Å². The molecule has 2 amide bonds. The molecule has 2 rings (SSSR count). The van der Waals surface area contributed by atoms with E-state index in [2.05, 4.69) is 43.5 Å². The number of nitrogens with zero attached hydrogens (tertiary/aromatic N) is 1. The monoisotopic (exact) mass is 349 g/mol. The van der Waals surface area contributed by atoms with Gasteiger partial charge in [0.15, 0.2) is 0 Å². The zero-order valence-corrected chi connectivity index (χ0v) is 15.5. The molecule has 5 nitrogen and oxygen atoms in total. The van der Waals surface area contributed by atoms with Crippen LogP contribution >= 0.6 is 11.8 Å². The van der Waals surface area contributed by atoms with E-state index < -0.39 is 0 Å². The summed E-state index contributed by atoms with van der Waals surface area (Å²) in [6, 6.07) is 10.5. The smallest absolute Gasteiger partial charge is 0.281 e. The number of rotatable bonds is 8. The van der Waals surface area contributed by atoms with Gasteiger partial charge >= 0.3 is 0 Å². The highest BCUT2D eigenvalue weighted by Gasteiger charge is 2.23. The van der Waals surface area contributed by atoms with E-state index in [0.29, 0.717) is 19.5 Å². The van der Waals surface area contributed by atoms with Gasteiger partial charge in [-0.25, -0.2) is 0 Å². The molecule has 1 atom stereocenters. The lowest BCUT2D eigenvalue weighted by atomic mass is 10.0. The molecule has 1 aliphatic rings. The molecule has 0 aromatic heterocycles. The van der Waals surface area contributed by atoms with E-state index in [9.17, 15) is 9.59 Å². The molecule has 1 aromatic rings. The number of benzene rings is 1. The Hall–Kier alpha value is -1.53. The second-order valence-corrected chi connectivity index (χ2v) is 7.83. The molecule has 0 radical (unpaired) electrons. The van der Waals surface area contributed by atoms with Gasteiger partial charge < -0.3 is 15.5 Å². The molecule has 1 saturated heterocycles. The predicted molar refractivity (Wildman–Crippen MR) is 99.1 cm³/mol. The SMILES string of the molecule is C[C@@H](NC(C)(C)CNC(=O)CCN1CCSC1=O)c1ccccc1. The summed E-state index contributed by atoms with van der Waals surface area (Å²) in [6.07, 6.45) is 0.358. The van der Waals surface area contributed by atoms with E-state index in [1.807, 2.05) is 18.2 Å². The molecule has 0 bridgehead atoms. The standard InChI is InChI=1S/C18H27N3O2S/c1-14(15-7-5-4-6-8-15)20-18(2,3)13-19-16(22)9-10-21-11-12-24-17(21)23/h4-8,14,20H,9-13H2,1-3H3,(H,19,22)/t14-/m1/s1. The second kappa shape index (κ2) is 8.53. The molecule has 0 aliphatic carbocycles. The van der Waals surface area contributed by atoms with Gasteiger partial charge in [0.05, 0.1) is 0 Å². The van der Waals surface area contributed by atoms with Crippen LogP contribution in [0, 0.1) is 0 Å². The molecular formula is C18H27N3O2S. The zero-order chi connectivity index (χ0) is 17.6. The van der Waals surface area contributed by atoms with Gasteiger partial charge in [-0.2, -0.15) is 0 Å². The average Bonchev–Trinajstić information content (AvgIpc) is 2.96. The Morgan fingerprint density at radius 3 is 2.67 bits per heavy atom. The highest BCUT2D eigenvalue weighted by Crippen LogP contribution is 2.17. The summed E-state index contributed by atoms with van der Waals surface area (Å²) in [7, 11) is 0.